The van der Waals surface area contributed by atoms with E-state index in [-0.39, 0.29) is 5.91 Å². The minimum Gasteiger partial charge on any atom is -0.352 e. The molecule has 1 aromatic carbocycles. The molecule has 1 N–H and O–H groups in total. The molecule has 0 radical (unpaired) electrons. The van der Waals surface area contributed by atoms with Gasteiger partial charge >= 0.3 is 0 Å². The summed E-state index contributed by atoms with van der Waals surface area (Å²) < 4.78 is 0. The van der Waals surface area contributed by atoms with Gasteiger partial charge in [0.2, 0.25) is 0 Å². The second-order valence-electron chi connectivity index (χ2n) is 3.96. The predicted octanol–water partition coefficient (Wildman–Crippen LogP) is 2.46. The molecule has 0 aromatic heterocycles. The number of carbonyl (C=O) groups excluding carboxylic acids is 1. The van der Waals surface area contributed by atoms with E-state index in [4.69, 9.17) is 0 Å². The molecular formula is C12H15NOS2. The number of carbonyl (C=O) groups is 1. The number of thioether (sulfide) groups is 1. The van der Waals surface area contributed by atoms with E-state index in [0.717, 1.165) is 11.4 Å². The van der Waals surface area contributed by atoms with E-state index in [1.165, 1.54) is 17.9 Å². The summed E-state index contributed by atoms with van der Waals surface area (Å²) >= 11 is 6.24. The quantitative estimate of drug-likeness (QED) is 0.810. The molecule has 1 atom stereocenters. The Balaban J connectivity index is 1.90. The van der Waals surface area contributed by atoms with Gasteiger partial charge in [-0.1, -0.05) is 12.1 Å². The molecule has 0 aliphatic carbocycles. The van der Waals surface area contributed by atoms with Crippen LogP contribution in [0.5, 0.6) is 0 Å². The molecule has 1 saturated heterocycles. The Morgan fingerprint density at radius 3 is 3.00 bits per heavy atom. The third kappa shape index (κ3) is 2.95. The summed E-state index contributed by atoms with van der Waals surface area (Å²) in [5.41, 5.74) is 0.663. The smallest absolute Gasteiger partial charge is 0.252 e. The van der Waals surface area contributed by atoms with E-state index in [1.54, 1.807) is 6.07 Å². The summed E-state index contributed by atoms with van der Waals surface area (Å²) in [6, 6.07) is 7.39. The second kappa shape index (κ2) is 5.64. The van der Waals surface area contributed by atoms with Gasteiger partial charge < -0.3 is 5.32 Å². The molecule has 1 heterocycles. The summed E-state index contributed by atoms with van der Waals surface area (Å²) in [5.74, 6) is 3.02. The first kappa shape index (κ1) is 11.9. The molecule has 1 unspecified atom stereocenters. The predicted molar refractivity (Wildman–Crippen MR) is 71.5 cm³/mol. The van der Waals surface area contributed by atoms with Crippen molar-refractivity contribution >= 4 is 30.3 Å². The molecule has 0 saturated carbocycles. The summed E-state index contributed by atoms with van der Waals surface area (Å²) in [7, 11) is 0. The molecule has 4 heteroatoms. The van der Waals surface area contributed by atoms with Crippen molar-refractivity contribution < 1.29 is 4.79 Å². The van der Waals surface area contributed by atoms with E-state index >= 15 is 0 Å². The molecule has 2 nitrogen and oxygen atoms in total. The maximum absolute atomic E-state index is 11.9. The Morgan fingerprint density at radius 1 is 1.50 bits per heavy atom. The topological polar surface area (TPSA) is 29.1 Å². The van der Waals surface area contributed by atoms with Crippen LogP contribution in [-0.2, 0) is 0 Å². The second-order valence-corrected chi connectivity index (χ2v) is 5.59. The Bertz CT molecular complexity index is 375. The van der Waals surface area contributed by atoms with Crippen LogP contribution >= 0.6 is 24.4 Å². The fourth-order valence-electron chi connectivity index (χ4n) is 1.74. The van der Waals surface area contributed by atoms with Crippen molar-refractivity contribution in [3.05, 3.63) is 29.8 Å². The molecule has 1 aliphatic heterocycles. The van der Waals surface area contributed by atoms with Crippen molar-refractivity contribution in [2.45, 2.75) is 11.3 Å². The third-order valence-electron chi connectivity index (χ3n) is 2.72. The third-order valence-corrected chi connectivity index (χ3v) is 4.35. The average Bonchev–Trinajstić information content (AvgIpc) is 2.79. The van der Waals surface area contributed by atoms with E-state index in [1.807, 2.05) is 30.0 Å². The lowest BCUT2D eigenvalue weighted by molar-refractivity contribution is 0.0945. The molecule has 1 amide bonds. The molecule has 1 aromatic rings. The number of hydrogen-bond acceptors (Lipinski definition) is 3. The first-order valence-corrected chi connectivity index (χ1v) is 7.01. The maximum Gasteiger partial charge on any atom is 0.252 e. The fourth-order valence-corrected chi connectivity index (χ4v) is 3.29. The van der Waals surface area contributed by atoms with Crippen molar-refractivity contribution in [3.63, 3.8) is 0 Å². The van der Waals surface area contributed by atoms with Gasteiger partial charge in [0.15, 0.2) is 0 Å². The van der Waals surface area contributed by atoms with Gasteiger partial charge in [-0.05, 0) is 36.0 Å². The van der Waals surface area contributed by atoms with E-state index < -0.39 is 0 Å². The molecule has 1 fully saturated rings. The average molecular weight is 253 g/mol. The van der Waals surface area contributed by atoms with Gasteiger partial charge in [0, 0.05) is 11.4 Å². The van der Waals surface area contributed by atoms with Gasteiger partial charge in [0.05, 0.1) is 5.56 Å². The van der Waals surface area contributed by atoms with Gasteiger partial charge in [0.1, 0.15) is 0 Å². The Kier molecular flexibility index (Phi) is 4.18. The normalized spacial score (nSPS) is 19.7. The summed E-state index contributed by atoms with van der Waals surface area (Å²) in [6.45, 7) is 0.786. The zero-order valence-electron chi connectivity index (χ0n) is 8.98. The van der Waals surface area contributed by atoms with Gasteiger partial charge in [-0.3, -0.25) is 4.79 Å². The SMILES string of the molecule is O=C(NCC1CCSC1)c1ccccc1S. The summed E-state index contributed by atoms with van der Waals surface area (Å²) in [6.07, 6.45) is 1.22. The monoisotopic (exact) mass is 253 g/mol. The summed E-state index contributed by atoms with van der Waals surface area (Å²) in [5, 5.41) is 2.98. The minimum atomic E-state index is -0.0116. The van der Waals surface area contributed by atoms with Gasteiger partial charge in [-0.25, -0.2) is 0 Å². The molecule has 0 bridgehead atoms. The zero-order chi connectivity index (χ0) is 11.4. The van der Waals surface area contributed by atoms with E-state index in [2.05, 4.69) is 17.9 Å². The van der Waals surface area contributed by atoms with E-state index in [9.17, 15) is 4.79 Å². The first-order chi connectivity index (χ1) is 7.77. The molecular weight excluding hydrogens is 238 g/mol. The van der Waals surface area contributed by atoms with Crippen molar-refractivity contribution in [1.29, 1.82) is 0 Å². The van der Waals surface area contributed by atoms with Crippen LogP contribution in [-0.4, -0.2) is 24.0 Å². The van der Waals surface area contributed by atoms with Crippen molar-refractivity contribution in [1.82, 2.24) is 5.32 Å². The molecule has 86 valence electrons. The number of benzene rings is 1. The number of thiol groups is 1. The standard InChI is InChI=1S/C12H15NOS2/c14-12(10-3-1-2-4-11(10)15)13-7-9-5-6-16-8-9/h1-4,9,15H,5-8H2,(H,13,14). The highest BCUT2D eigenvalue weighted by Crippen LogP contribution is 2.22. The van der Waals surface area contributed by atoms with Crippen molar-refractivity contribution in [2.24, 2.45) is 5.92 Å². The van der Waals surface area contributed by atoms with Crippen LogP contribution < -0.4 is 5.32 Å². The van der Waals surface area contributed by atoms with Crippen molar-refractivity contribution in [2.75, 3.05) is 18.1 Å². The highest BCUT2D eigenvalue weighted by atomic mass is 32.2. The number of amides is 1. The van der Waals surface area contributed by atoms with Crippen LogP contribution in [0.3, 0.4) is 0 Å². The highest BCUT2D eigenvalue weighted by molar-refractivity contribution is 7.99. The largest absolute Gasteiger partial charge is 0.352 e. The lowest BCUT2D eigenvalue weighted by Crippen LogP contribution is -2.29. The fraction of sp³-hybridized carbons (Fsp3) is 0.417. The number of rotatable bonds is 3. The lowest BCUT2D eigenvalue weighted by Gasteiger charge is -2.10. The van der Waals surface area contributed by atoms with Crippen molar-refractivity contribution in [3.8, 4) is 0 Å². The zero-order valence-corrected chi connectivity index (χ0v) is 10.7. The van der Waals surface area contributed by atoms with Crippen LogP contribution in [0.25, 0.3) is 0 Å². The Hall–Kier alpha value is -0.610. The van der Waals surface area contributed by atoms with Gasteiger partial charge in [-0.15, -0.1) is 12.6 Å². The number of nitrogens with one attached hydrogen (secondary N) is 1. The minimum absolute atomic E-state index is 0.0116. The summed E-state index contributed by atoms with van der Waals surface area (Å²) in [4.78, 5) is 12.6. The van der Waals surface area contributed by atoms with Gasteiger partial charge in [0.25, 0.3) is 5.91 Å². The van der Waals surface area contributed by atoms with Crippen LogP contribution in [0.4, 0.5) is 0 Å². The Labute approximate surface area is 106 Å². The highest BCUT2D eigenvalue weighted by Gasteiger charge is 2.17. The van der Waals surface area contributed by atoms with Gasteiger partial charge in [-0.2, -0.15) is 11.8 Å². The van der Waals surface area contributed by atoms with E-state index in [0.29, 0.717) is 11.5 Å². The molecule has 1 aliphatic rings. The van der Waals surface area contributed by atoms with Crippen LogP contribution in [0.1, 0.15) is 16.8 Å². The molecule has 0 spiro atoms. The van der Waals surface area contributed by atoms with Crippen LogP contribution in [0, 0.1) is 5.92 Å². The van der Waals surface area contributed by atoms with Crippen LogP contribution in [0.15, 0.2) is 29.2 Å². The molecule has 16 heavy (non-hydrogen) atoms. The maximum atomic E-state index is 11.9. The molecule has 2 rings (SSSR count). The lowest BCUT2D eigenvalue weighted by atomic mass is 10.1. The Morgan fingerprint density at radius 2 is 2.31 bits per heavy atom. The first-order valence-electron chi connectivity index (χ1n) is 5.41. The number of hydrogen-bond donors (Lipinski definition) is 2. The van der Waals surface area contributed by atoms with Crippen LogP contribution in [0.2, 0.25) is 0 Å².